The topological polar surface area (TPSA) is 20.2 Å². The van der Waals surface area contributed by atoms with E-state index in [1.54, 1.807) is 13.8 Å². The van der Waals surface area contributed by atoms with E-state index in [1.807, 2.05) is 6.07 Å². The van der Waals surface area contributed by atoms with Gasteiger partial charge >= 0.3 is 0 Å². The molecule has 0 aliphatic rings. The highest BCUT2D eigenvalue weighted by atomic mass is 19.1. The van der Waals surface area contributed by atoms with E-state index in [1.165, 1.54) is 18.2 Å². The van der Waals surface area contributed by atoms with Crippen LogP contribution in [0.25, 0.3) is 11.1 Å². The molecule has 0 unspecified atom stereocenters. The van der Waals surface area contributed by atoms with E-state index in [0.29, 0.717) is 16.7 Å². The minimum absolute atomic E-state index is 0.209. The molecule has 0 radical (unpaired) electrons. The fourth-order valence-corrected chi connectivity index (χ4v) is 2.00. The number of phenols is 1. The summed E-state index contributed by atoms with van der Waals surface area (Å²) in [6.07, 6.45) is 0. The van der Waals surface area contributed by atoms with Crippen LogP contribution in [0.1, 0.15) is 11.1 Å². The number of halogens is 2. The second kappa shape index (κ2) is 4.17. The van der Waals surface area contributed by atoms with Crippen LogP contribution in [0.3, 0.4) is 0 Å². The first-order valence-corrected chi connectivity index (χ1v) is 5.24. The van der Waals surface area contributed by atoms with Gasteiger partial charge in [-0.25, -0.2) is 8.78 Å². The van der Waals surface area contributed by atoms with Crippen molar-refractivity contribution in [2.45, 2.75) is 13.8 Å². The van der Waals surface area contributed by atoms with E-state index in [0.717, 1.165) is 11.6 Å². The van der Waals surface area contributed by atoms with Gasteiger partial charge in [0.25, 0.3) is 0 Å². The maximum absolute atomic E-state index is 13.9. The van der Waals surface area contributed by atoms with Crippen LogP contribution < -0.4 is 0 Å². The Morgan fingerprint density at radius 2 is 1.65 bits per heavy atom. The number of aromatic hydroxyl groups is 1. The fraction of sp³-hybridized carbons (Fsp3) is 0.143. The van der Waals surface area contributed by atoms with Crippen molar-refractivity contribution in [2.75, 3.05) is 0 Å². The van der Waals surface area contributed by atoms with Crippen LogP contribution in [-0.2, 0) is 0 Å². The maximum atomic E-state index is 13.9. The van der Waals surface area contributed by atoms with Gasteiger partial charge in [0.05, 0.1) is 0 Å². The molecule has 0 fully saturated rings. The molecule has 2 aromatic carbocycles. The molecule has 0 aliphatic heterocycles. The molecule has 0 atom stereocenters. The van der Waals surface area contributed by atoms with Crippen molar-refractivity contribution in [3.8, 4) is 16.9 Å². The van der Waals surface area contributed by atoms with Crippen molar-refractivity contribution >= 4 is 0 Å². The van der Waals surface area contributed by atoms with E-state index >= 15 is 0 Å². The zero-order valence-electron chi connectivity index (χ0n) is 9.59. The van der Waals surface area contributed by atoms with Crippen molar-refractivity contribution in [2.24, 2.45) is 0 Å². The third-order valence-corrected chi connectivity index (χ3v) is 2.60. The minimum Gasteiger partial charge on any atom is -0.508 e. The summed E-state index contributed by atoms with van der Waals surface area (Å²) in [6.45, 7) is 3.55. The van der Waals surface area contributed by atoms with Gasteiger partial charge in [-0.05, 0) is 48.7 Å². The molecular formula is C14H12F2O. The Balaban J connectivity index is 2.68. The molecule has 0 saturated carbocycles. The Kier molecular flexibility index (Phi) is 2.84. The Bertz CT molecular complexity index is 533. The standard InChI is InChI=1S/C14H12F2O/c1-8-3-9(2)14(13(16)4-8)10-5-11(15)7-12(17)6-10/h3-7,17H,1-2H3. The molecule has 88 valence electrons. The summed E-state index contributed by atoms with van der Waals surface area (Å²) in [6, 6.07) is 6.76. The van der Waals surface area contributed by atoms with E-state index < -0.39 is 11.6 Å². The molecule has 0 bridgehead atoms. The van der Waals surface area contributed by atoms with E-state index in [2.05, 4.69) is 0 Å². The molecule has 2 rings (SSSR count). The molecular weight excluding hydrogens is 222 g/mol. The number of hydrogen-bond acceptors (Lipinski definition) is 1. The summed E-state index contributed by atoms with van der Waals surface area (Å²) < 4.78 is 27.0. The van der Waals surface area contributed by atoms with Crippen LogP contribution in [0.4, 0.5) is 8.78 Å². The van der Waals surface area contributed by atoms with Crippen LogP contribution in [-0.4, -0.2) is 5.11 Å². The number of aryl methyl sites for hydroxylation is 2. The van der Waals surface area contributed by atoms with Crippen LogP contribution in [0.5, 0.6) is 5.75 Å². The predicted octanol–water partition coefficient (Wildman–Crippen LogP) is 3.95. The molecule has 0 aliphatic carbocycles. The first-order chi connectivity index (χ1) is 7.97. The van der Waals surface area contributed by atoms with E-state index in [4.69, 9.17) is 0 Å². The second-order valence-electron chi connectivity index (χ2n) is 4.14. The molecule has 0 heterocycles. The van der Waals surface area contributed by atoms with E-state index in [9.17, 15) is 13.9 Å². The van der Waals surface area contributed by atoms with Crippen LogP contribution in [0.15, 0.2) is 30.3 Å². The van der Waals surface area contributed by atoms with Gasteiger partial charge in [-0.3, -0.25) is 0 Å². The Hall–Kier alpha value is -1.90. The van der Waals surface area contributed by atoms with Gasteiger partial charge in [-0.2, -0.15) is 0 Å². The van der Waals surface area contributed by atoms with Gasteiger partial charge in [0.1, 0.15) is 17.4 Å². The summed E-state index contributed by atoms with van der Waals surface area (Å²) in [5.41, 5.74) is 2.19. The summed E-state index contributed by atoms with van der Waals surface area (Å²) >= 11 is 0. The van der Waals surface area contributed by atoms with Gasteiger partial charge in [0.15, 0.2) is 0 Å². The second-order valence-corrected chi connectivity index (χ2v) is 4.14. The zero-order chi connectivity index (χ0) is 12.6. The number of rotatable bonds is 1. The van der Waals surface area contributed by atoms with Gasteiger partial charge in [-0.1, -0.05) is 6.07 Å². The Morgan fingerprint density at radius 3 is 2.24 bits per heavy atom. The first kappa shape index (κ1) is 11.6. The molecule has 0 saturated heterocycles. The average molecular weight is 234 g/mol. The van der Waals surface area contributed by atoms with Crippen molar-refractivity contribution in [1.29, 1.82) is 0 Å². The van der Waals surface area contributed by atoms with E-state index in [-0.39, 0.29) is 5.75 Å². The maximum Gasteiger partial charge on any atom is 0.131 e. The molecule has 1 nitrogen and oxygen atoms in total. The zero-order valence-corrected chi connectivity index (χ0v) is 9.59. The third kappa shape index (κ3) is 2.28. The molecule has 17 heavy (non-hydrogen) atoms. The van der Waals surface area contributed by atoms with Crippen molar-refractivity contribution in [1.82, 2.24) is 0 Å². The lowest BCUT2D eigenvalue weighted by Crippen LogP contribution is -1.91. The van der Waals surface area contributed by atoms with Crippen LogP contribution in [0.2, 0.25) is 0 Å². The van der Waals surface area contributed by atoms with Gasteiger partial charge in [-0.15, -0.1) is 0 Å². The lowest BCUT2D eigenvalue weighted by Gasteiger charge is -2.09. The van der Waals surface area contributed by atoms with Crippen LogP contribution >= 0.6 is 0 Å². The molecule has 0 aromatic heterocycles. The molecule has 0 amide bonds. The Labute approximate surface area is 98.3 Å². The summed E-state index contributed by atoms with van der Waals surface area (Å²) in [7, 11) is 0. The monoisotopic (exact) mass is 234 g/mol. The number of hydrogen-bond donors (Lipinski definition) is 1. The molecule has 1 N–H and O–H groups in total. The van der Waals surface area contributed by atoms with Gasteiger partial charge in [0, 0.05) is 11.6 Å². The number of phenolic OH excluding ortho intramolecular Hbond substituents is 1. The number of benzene rings is 2. The predicted molar refractivity (Wildman–Crippen MR) is 62.9 cm³/mol. The normalized spacial score (nSPS) is 10.6. The largest absolute Gasteiger partial charge is 0.508 e. The van der Waals surface area contributed by atoms with Crippen molar-refractivity contribution in [3.63, 3.8) is 0 Å². The smallest absolute Gasteiger partial charge is 0.131 e. The first-order valence-electron chi connectivity index (χ1n) is 5.24. The van der Waals surface area contributed by atoms with Crippen molar-refractivity contribution in [3.05, 3.63) is 53.1 Å². The minimum atomic E-state index is -0.584. The summed E-state index contributed by atoms with van der Waals surface area (Å²) in [5.74, 6) is -1.20. The van der Waals surface area contributed by atoms with Gasteiger partial charge in [0.2, 0.25) is 0 Å². The molecule has 2 aromatic rings. The highest BCUT2D eigenvalue weighted by molar-refractivity contribution is 5.69. The van der Waals surface area contributed by atoms with Crippen LogP contribution in [0, 0.1) is 25.5 Å². The summed E-state index contributed by atoms with van der Waals surface area (Å²) in [5, 5.41) is 9.33. The molecule has 0 spiro atoms. The quantitative estimate of drug-likeness (QED) is 0.792. The average Bonchev–Trinajstić information content (AvgIpc) is 2.13. The lowest BCUT2D eigenvalue weighted by atomic mass is 9.98. The third-order valence-electron chi connectivity index (χ3n) is 2.60. The highest BCUT2D eigenvalue weighted by Gasteiger charge is 2.11. The van der Waals surface area contributed by atoms with Gasteiger partial charge < -0.3 is 5.11 Å². The molecule has 3 heteroatoms. The summed E-state index contributed by atoms with van der Waals surface area (Å²) in [4.78, 5) is 0. The highest BCUT2D eigenvalue weighted by Crippen LogP contribution is 2.30. The SMILES string of the molecule is Cc1cc(C)c(-c2cc(O)cc(F)c2)c(F)c1. The lowest BCUT2D eigenvalue weighted by molar-refractivity contribution is 0.469. The van der Waals surface area contributed by atoms with Crippen molar-refractivity contribution < 1.29 is 13.9 Å². The Morgan fingerprint density at radius 1 is 0.941 bits per heavy atom. The fourth-order valence-electron chi connectivity index (χ4n) is 2.00.